The van der Waals surface area contributed by atoms with Gasteiger partial charge >= 0.3 is 0 Å². The molecule has 2 aromatic rings. The minimum absolute atomic E-state index is 0.307. The molecule has 0 aliphatic heterocycles. The number of furan rings is 2. The Hall–Kier alpha value is -1.48. The molecule has 0 radical (unpaired) electrons. The van der Waals surface area contributed by atoms with Gasteiger partial charge in [0.1, 0.15) is 23.3 Å². The molecule has 1 unspecified atom stereocenters. The van der Waals surface area contributed by atoms with Gasteiger partial charge in [0.2, 0.25) is 0 Å². The lowest BCUT2D eigenvalue weighted by molar-refractivity contribution is 0.419. The molecule has 2 aromatic heterocycles. The van der Waals surface area contributed by atoms with Crippen molar-refractivity contribution < 1.29 is 8.83 Å². The predicted octanol–water partition coefficient (Wildman–Crippen LogP) is 2.54. The summed E-state index contributed by atoms with van der Waals surface area (Å²) in [6.45, 7) is 3.86. The van der Waals surface area contributed by atoms with E-state index in [1.54, 1.807) is 6.26 Å². The van der Waals surface area contributed by atoms with E-state index in [0.29, 0.717) is 0 Å². The normalized spacial score (nSPS) is 13.1. The standard InChI is InChI=1S/C11H13NO2/c1-7-5-6-13-11(7)10(12)9-4-3-8(2)14-9/h3-6,10H,12H2,1-2H3. The van der Waals surface area contributed by atoms with Gasteiger partial charge in [-0.05, 0) is 37.6 Å². The minimum Gasteiger partial charge on any atom is -0.467 e. The molecule has 0 aliphatic carbocycles. The number of aryl methyl sites for hydroxylation is 2. The van der Waals surface area contributed by atoms with Gasteiger partial charge in [-0.3, -0.25) is 0 Å². The van der Waals surface area contributed by atoms with E-state index in [1.165, 1.54) is 0 Å². The fraction of sp³-hybridized carbons (Fsp3) is 0.273. The lowest BCUT2D eigenvalue weighted by Crippen LogP contribution is -2.10. The summed E-state index contributed by atoms with van der Waals surface area (Å²) in [5, 5.41) is 0. The van der Waals surface area contributed by atoms with Gasteiger partial charge in [0.25, 0.3) is 0 Å². The number of nitrogens with two attached hydrogens (primary N) is 1. The highest BCUT2D eigenvalue weighted by Gasteiger charge is 2.17. The maximum absolute atomic E-state index is 5.99. The Morgan fingerprint density at radius 2 is 2.00 bits per heavy atom. The van der Waals surface area contributed by atoms with Gasteiger partial charge in [-0.1, -0.05) is 0 Å². The topological polar surface area (TPSA) is 52.3 Å². The van der Waals surface area contributed by atoms with Crippen LogP contribution < -0.4 is 5.73 Å². The van der Waals surface area contributed by atoms with Gasteiger partial charge < -0.3 is 14.6 Å². The second kappa shape index (κ2) is 3.35. The molecule has 0 fully saturated rings. The molecule has 3 nitrogen and oxygen atoms in total. The van der Waals surface area contributed by atoms with E-state index >= 15 is 0 Å². The van der Waals surface area contributed by atoms with Crippen molar-refractivity contribution in [2.45, 2.75) is 19.9 Å². The van der Waals surface area contributed by atoms with Crippen LogP contribution in [-0.2, 0) is 0 Å². The maximum Gasteiger partial charge on any atom is 0.131 e. The van der Waals surface area contributed by atoms with E-state index in [0.717, 1.165) is 22.8 Å². The van der Waals surface area contributed by atoms with E-state index < -0.39 is 0 Å². The highest BCUT2D eigenvalue weighted by Crippen LogP contribution is 2.24. The van der Waals surface area contributed by atoms with Crippen molar-refractivity contribution in [1.82, 2.24) is 0 Å². The summed E-state index contributed by atoms with van der Waals surface area (Å²) in [6, 6.07) is 5.36. The minimum atomic E-state index is -0.307. The van der Waals surface area contributed by atoms with Crippen LogP contribution in [0.1, 0.15) is 28.9 Å². The van der Waals surface area contributed by atoms with E-state index in [-0.39, 0.29) is 6.04 Å². The Balaban J connectivity index is 2.33. The quantitative estimate of drug-likeness (QED) is 0.793. The molecule has 0 aliphatic rings. The first kappa shape index (κ1) is 9.09. The van der Waals surface area contributed by atoms with Crippen LogP contribution in [0.2, 0.25) is 0 Å². The summed E-state index contributed by atoms with van der Waals surface area (Å²) in [7, 11) is 0. The van der Waals surface area contributed by atoms with Crippen LogP contribution in [0.3, 0.4) is 0 Å². The third kappa shape index (κ3) is 1.46. The SMILES string of the molecule is Cc1ccc(C(N)c2occc2C)o1. The fourth-order valence-electron chi connectivity index (χ4n) is 1.45. The summed E-state index contributed by atoms with van der Waals surface area (Å²) in [5.74, 6) is 2.36. The third-order valence-corrected chi connectivity index (χ3v) is 2.25. The van der Waals surface area contributed by atoms with Crippen molar-refractivity contribution in [2.24, 2.45) is 5.73 Å². The number of rotatable bonds is 2. The van der Waals surface area contributed by atoms with Gasteiger partial charge in [0, 0.05) is 0 Å². The van der Waals surface area contributed by atoms with Crippen LogP contribution in [0, 0.1) is 13.8 Å². The second-order valence-electron chi connectivity index (χ2n) is 3.39. The van der Waals surface area contributed by atoms with Gasteiger partial charge in [-0.2, -0.15) is 0 Å². The highest BCUT2D eigenvalue weighted by molar-refractivity contribution is 5.25. The molecule has 3 heteroatoms. The van der Waals surface area contributed by atoms with E-state index in [4.69, 9.17) is 14.6 Å². The number of hydrogen-bond acceptors (Lipinski definition) is 3. The smallest absolute Gasteiger partial charge is 0.131 e. The lowest BCUT2D eigenvalue weighted by atomic mass is 10.1. The Morgan fingerprint density at radius 1 is 1.21 bits per heavy atom. The van der Waals surface area contributed by atoms with Crippen molar-refractivity contribution in [2.75, 3.05) is 0 Å². The van der Waals surface area contributed by atoms with E-state index in [9.17, 15) is 0 Å². The van der Waals surface area contributed by atoms with Crippen molar-refractivity contribution in [3.05, 3.63) is 47.3 Å². The van der Waals surface area contributed by atoms with Gasteiger partial charge in [0.05, 0.1) is 6.26 Å². The Morgan fingerprint density at radius 3 is 2.50 bits per heavy atom. The first-order chi connectivity index (χ1) is 6.68. The van der Waals surface area contributed by atoms with Crippen molar-refractivity contribution >= 4 is 0 Å². The van der Waals surface area contributed by atoms with Crippen LogP contribution in [-0.4, -0.2) is 0 Å². The zero-order valence-electron chi connectivity index (χ0n) is 8.28. The molecular formula is C11H13NO2. The largest absolute Gasteiger partial charge is 0.467 e. The lowest BCUT2D eigenvalue weighted by Gasteiger charge is -2.06. The van der Waals surface area contributed by atoms with Crippen LogP contribution in [0.15, 0.2) is 33.3 Å². The molecule has 0 bridgehead atoms. The first-order valence-electron chi connectivity index (χ1n) is 4.54. The average molecular weight is 191 g/mol. The van der Waals surface area contributed by atoms with Crippen LogP contribution >= 0.6 is 0 Å². The molecule has 74 valence electrons. The molecule has 0 amide bonds. The zero-order chi connectivity index (χ0) is 10.1. The summed E-state index contributed by atoms with van der Waals surface area (Å²) in [5.41, 5.74) is 7.04. The molecular weight excluding hydrogens is 178 g/mol. The van der Waals surface area contributed by atoms with Crippen molar-refractivity contribution in [3.8, 4) is 0 Å². The molecule has 2 heterocycles. The van der Waals surface area contributed by atoms with Crippen LogP contribution in [0.4, 0.5) is 0 Å². The van der Waals surface area contributed by atoms with Gasteiger partial charge in [-0.15, -0.1) is 0 Å². The summed E-state index contributed by atoms with van der Waals surface area (Å²) < 4.78 is 10.7. The molecule has 0 aromatic carbocycles. The van der Waals surface area contributed by atoms with Crippen LogP contribution in [0.25, 0.3) is 0 Å². The first-order valence-corrected chi connectivity index (χ1v) is 4.54. The molecule has 2 N–H and O–H groups in total. The Kier molecular flexibility index (Phi) is 2.17. The molecule has 0 saturated heterocycles. The fourth-order valence-corrected chi connectivity index (χ4v) is 1.45. The van der Waals surface area contributed by atoms with Crippen LogP contribution in [0.5, 0.6) is 0 Å². The molecule has 0 spiro atoms. The van der Waals surface area contributed by atoms with Crippen molar-refractivity contribution in [3.63, 3.8) is 0 Å². The summed E-state index contributed by atoms with van der Waals surface area (Å²) in [4.78, 5) is 0. The molecule has 14 heavy (non-hydrogen) atoms. The molecule has 2 rings (SSSR count). The highest BCUT2D eigenvalue weighted by atomic mass is 16.4. The van der Waals surface area contributed by atoms with E-state index in [1.807, 2.05) is 32.0 Å². The van der Waals surface area contributed by atoms with Gasteiger partial charge in [-0.25, -0.2) is 0 Å². The predicted molar refractivity (Wildman–Crippen MR) is 52.9 cm³/mol. The summed E-state index contributed by atoms with van der Waals surface area (Å²) in [6.07, 6.45) is 1.64. The second-order valence-corrected chi connectivity index (χ2v) is 3.39. The molecule has 0 saturated carbocycles. The zero-order valence-corrected chi connectivity index (χ0v) is 8.28. The maximum atomic E-state index is 5.99. The molecule has 1 atom stereocenters. The third-order valence-electron chi connectivity index (χ3n) is 2.25. The van der Waals surface area contributed by atoms with Crippen molar-refractivity contribution in [1.29, 1.82) is 0 Å². The van der Waals surface area contributed by atoms with Gasteiger partial charge in [0.15, 0.2) is 0 Å². The van der Waals surface area contributed by atoms with E-state index in [2.05, 4.69) is 0 Å². The summed E-state index contributed by atoms with van der Waals surface area (Å²) >= 11 is 0. The Bertz CT molecular complexity index is 428. The number of hydrogen-bond donors (Lipinski definition) is 1. The average Bonchev–Trinajstić information content (AvgIpc) is 2.73. The Labute approximate surface area is 82.5 Å². The monoisotopic (exact) mass is 191 g/mol.